The second-order valence-corrected chi connectivity index (χ2v) is 6.11. The van der Waals surface area contributed by atoms with Gasteiger partial charge in [-0.05, 0) is 43.9 Å². The molecular formula is C17H31N3. The van der Waals surface area contributed by atoms with Crippen LogP contribution in [-0.2, 0) is 6.54 Å². The SMILES string of the molecule is CCCCCN(c1cc(CN)cc(C(C)C)n1)C(C)C. The molecule has 3 nitrogen and oxygen atoms in total. The van der Waals surface area contributed by atoms with Gasteiger partial charge in [-0.1, -0.05) is 33.6 Å². The summed E-state index contributed by atoms with van der Waals surface area (Å²) in [4.78, 5) is 7.26. The Morgan fingerprint density at radius 1 is 1.15 bits per heavy atom. The highest BCUT2D eigenvalue weighted by Gasteiger charge is 2.14. The zero-order chi connectivity index (χ0) is 15.1. The zero-order valence-corrected chi connectivity index (χ0v) is 13.8. The van der Waals surface area contributed by atoms with Gasteiger partial charge in [0.1, 0.15) is 5.82 Å². The van der Waals surface area contributed by atoms with Crippen LogP contribution >= 0.6 is 0 Å². The third kappa shape index (κ3) is 4.78. The molecule has 1 rings (SSSR count). The Balaban J connectivity index is 3.02. The van der Waals surface area contributed by atoms with Crippen LogP contribution in [0, 0.1) is 0 Å². The lowest BCUT2D eigenvalue weighted by Gasteiger charge is -2.29. The Bertz CT molecular complexity index is 399. The molecule has 0 radical (unpaired) electrons. The first-order chi connectivity index (χ1) is 9.49. The first-order valence-corrected chi connectivity index (χ1v) is 7.97. The molecule has 0 atom stereocenters. The van der Waals surface area contributed by atoms with Crippen molar-refractivity contribution >= 4 is 5.82 Å². The maximum atomic E-state index is 5.84. The lowest BCUT2D eigenvalue weighted by molar-refractivity contribution is 0.617. The molecule has 0 fully saturated rings. The first kappa shape index (κ1) is 17.0. The minimum atomic E-state index is 0.435. The number of anilines is 1. The molecule has 114 valence electrons. The van der Waals surface area contributed by atoms with Crippen LogP contribution in [0.25, 0.3) is 0 Å². The second kappa shape index (κ2) is 8.25. The molecular weight excluding hydrogens is 246 g/mol. The van der Waals surface area contributed by atoms with Gasteiger partial charge in [0, 0.05) is 24.8 Å². The van der Waals surface area contributed by atoms with Crippen LogP contribution < -0.4 is 10.6 Å². The quantitative estimate of drug-likeness (QED) is 0.728. The molecule has 1 heterocycles. The van der Waals surface area contributed by atoms with E-state index in [-0.39, 0.29) is 0 Å². The molecule has 0 aliphatic rings. The molecule has 0 aliphatic heterocycles. The van der Waals surface area contributed by atoms with Gasteiger partial charge in [0.15, 0.2) is 0 Å². The van der Waals surface area contributed by atoms with Crippen molar-refractivity contribution in [3.05, 3.63) is 23.4 Å². The van der Waals surface area contributed by atoms with Gasteiger partial charge < -0.3 is 10.6 Å². The molecule has 0 amide bonds. The van der Waals surface area contributed by atoms with E-state index in [0.717, 1.165) is 18.1 Å². The van der Waals surface area contributed by atoms with Crippen molar-refractivity contribution in [2.24, 2.45) is 5.73 Å². The third-order valence-electron chi connectivity index (χ3n) is 3.64. The fraction of sp³-hybridized carbons (Fsp3) is 0.706. The van der Waals surface area contributed by atoms with Gasteiger partial charge in [0.2, 0.25) is 0 Å². The Morgan fingerprint density at radius 2 is 1.85 bits per heavy atom. The van der Waals surface area contributed by atoms with Crippen LogP contribution in [0.1, 0.15) is 71.1 Å². The molecule has 1 aromatic rings. The van der Waals surface area contributed by atoms with Crippen LogP contribution in [0.4, 0.5) is 5.82 Å². The van der Waals surface area contributed by atoms with Gasteiger partial charge in [-0.15, -0.1) is 0 Å². The number of aromatic nitrogens is 1. The smallest absolute Gasteiger partial charge is 0.129 e. The monoisotopic (exact) mass is 277 g/mol. The predicted molar refractivity (Wildman–Crippen MR) is 88.2 cm³/mol. The van der Waals surface area contributed by atoms with E-state index in [9.17, 15) is 0 Å². The maximum absolute atomic E-state index is 5.84. The minimum absolute atomic E-state index is 0.435. The average Bonchev–Trinajstić information content (AvgIpc) is 2.42. The lowest BCUT2D eigenvalue weighted by Crippen LogP contribution is -2.33. The molecule has 0 saturated carbocycles. The minimum Gasteiger partial charge on any atom is -0.354 e. The van der Waals surface area contributed by atoms with Gasteiger partial charge in [-0.25, -0.2) is 4.98 Å². The highest BCUT2D eigenvalue weighted by Crippen LogP contribution is 2.22. The van der Waals surface area contributed by atoms with Crippen molar-refractivity contribution in [2.45, 2.75) is 72.4 Å². The van der Waals surface area contributed by atoms with Crippen molar-refractivity contribution in [3.8, 4) is 0 Å². The fourth-order valence-corrected chi connectivity index (χ4v) is 2.32. The largest absolute Gasteiger partial charge is 0.354 e. The van der Waals surface area contributed by atoms with E-state index in [4.69, 9.17) is 10.7 Å². The van der Waals surface area contributed by atoms with Crippen molar-refractivity contribution in [1.29, 1.82) is 0 Å². The van der Waals surface area contributed by atoms with E-state index in [1.165, 1.54) is 24.8 Å². The molecule has 3 heteroatoms. The molecule has 0 bridgehead atoms. The molecule has 0 unspecified atom stereocenters. The summed E-state index contributed by atoms with van der Waals surface area (Å²) in [5.74, 6) is 1.52. The Morgan fingerprint density at radius 3 is 2.35 bits per heavy atom. The van der Waals surface area contributed by atoms with Gasteiger partial charge >= 0.3 is 0 Å². The highest BCUT2D eigenvalue weighted by molar-refractivity contribution is 5.44. The van der Waals surface area contributed by atoms with Crippen molar-refractivity contribution in [1.82, 2.24) is 4.98 Å². The average molecular weight is 277 g/mol. The molecule has 0 aliphatic carbocycles. The van der Waals surface area contributed by atoms with E-state index in [1.54, 1.807) is 0 Å². The van der Waals surface area contributed by atoms with Gasteiger partial charge in [0.05, 0.1) is 0 Å². The number of pyridine rings is 1. The van der Waals surface area contributed by atoms with Gasteiger partial charge in [-0.2, -0.15) is 0 Å². The summed E-state index contributed by atoms with van der Waals surface area (Å²) >= 11 is 0. The zero-order valence-electron chi connectivity index (χ0n) is 13.8. The number of hydrogen-bond donors (Lipinski definition) is 1. The Labute approximate surface area is 124 Å². The van der Waals surface area contributed by atoms with Crippen LogP contribution in [0.5, 0.6) is 0 Å². The standard InChI is InChI=1S/C17H31N3/c1-6-7-8-9-20(14(4)5)17-11-15(12-18)10-16(19-17)13(2)3/h10-11,13-14H,6-9,12,18H2,1-5H3. The van der Waals surface area contributed by atoms with Crippen LogP contribution in [0.15, 0.2) is 12.1 Å². The summed E-state index contributed by atoms with van der Waals surface area (Å²) in [6, 6.07) is 4.75. The number of unbranched alkanes of at least 4 members (excludes halogenated alkanes) is 2. The third-order valence-corrected chi connectivity index (χ3v) is 3.64. The van der Waals surface area contributed by atoms with Crippen molar-refractivity contribution in [3.63, 3.8) is 0 Å². The molecule has 2 N–H and O–H groups in total. The van der Waals surface area contributed by atoms with E-state index in [1.807, 2.05) is 0 Å². The lowest BCUT2D eigenvalue weighted by atomic mass is 10.1. The van der Waals surface area contributed by atoms with Crippen LogP contribution in [0.2, 0.25) is 0 Å². The van der Waals surface area contributed by atoms with Gasteiger partial charge in [0.25, 0.3) is 0 Å². The second-order valence-electron chi connectivity index (χ2n) is 6.11. The molecule has 0 aromatic carbocycles. The summed E-state index contributed by atoms with van der Waals surface area (Å²) in [6.45, 7) is 12.7. The van der Waals surface area contributed by atoms with E-state index < -0.39 is 0 Å². The molecule has 20 heavy (non-hydrogen) atoms. The van der Waals surface area contributed by atoms with Crippen molar-refractivity contribution < 1.29 is 0 Å². The summed E-state index contributed by atoms with van der Waals surface area (Å²) < 4.78 is 0. The van der Waals surface area contributed by atoms with E-state index in [0.29, 0.717) is 18.5 Å². The summed E-state index contributed by atoms with van der Waals surface area (Å²) in [5.41, 5.74) is 8.16. The first-order valence-electron chi connectivity index (χ1n) is 7.97. The number of rotatable bonds is 8. The predicted octanol–water partition coefficient (Wildman–Crippen LogP) is 4.07. The summed E-state index contributed by atoms with van der Waals surface area (Å²) in [7, 11) is 0. The molecule has 0 saturated heterocycles. The Kier molecular flexibility index (Phi) is 7.00. The summed E-state index contributed by atoms with van der Waals surface area (Å²) in [5, 5.41) is 0. The molecule has 0 spiro atoms. The highest BCUT2D eigenvalue weighted by atomic mass is 15.2. The normalized spacial score (nSPS) is 11.4. The topological polar surface area (TPSA) is 42.1 Å². The number of nitrogens with zero attached hydrogens (tertiary/aromatic N) is 2. The number of hydrogen-bond acceptors (Lipinski definition) is 3. The van der Waals surface area contributed by atoms with Crippen LogP contribution in [0.3, 0.4) is 0 Å². The van der Waals surface area contributed by atoms with E-state index >= 15 is 0 Å². The maximum Gasteiger partial charge on any atom is 0.129 e. The summed E-state index contributed by atoms with van der Waals surface area (Å²) in [6.07, 6.45) is 3.75. The van der Waals surface area contributed by atoms with Gasteiger partial charge in [-0.3, -0.25) is 0 Å². The van der Waals surface area contributed by atoms with E-state index in [2.05, 4.69) is 51.7 Å². The number of nitrogens with two attached hydrogens (primary N) is 1. The van der Waals surface area contributed by atoms with Crippen molar-refractivity contribution in [2.75, 3.05) is 11.4 Å². The van der Waals surface area contributed by atoms with Crippen LogP contribution in [-0.4, -0.2) is 17.6 Å². The molecule has 1 aromatic heterocycles. The Hall–Kier alpha value is -1.09. The fourth-order valence-electron chi connectivity index (χ4n) is 2.32.